The van der Waals surface area contributed by atoms with E-state index in [4.69, 9.17) is 5.11 Å². The number of aliphatic carboxylic acids is 1. The van der Waals surface area contributed by atoms with E-state index in [-0.39, 0.29) is 23.7 Å². The van der Waals surface area contributed by atoms with Gasteiger partial charge in [0.1, 0.15) is 5.82 Å². The summed E-state index contributed by atoms with van der Waals surface area (Å²) in [7, 11) is 0. The molecule has 1 aliphatic rings. The van der Waals surface area contributed by atoms with Crippen molar-refractivity contribution >= 4 is 23.6 Å². The Bertz CT molecular complexity index is 506. The number of carboxylic acid groups (broad SMARTS) is 1. The molecule has 2 rings (SSSR count). The maximum atomic E-state index is 12.7. The number of thioether (sulfide) groups is 1. The van der Waals surface area contributed by atoms with Gasteiger partial charge in [0.2, 0.25) is 5.91 Å². The summed E-state index contributed by atoms with van der Waals surface area (Å²) in [6, 6.07) is 6.15. The van der Waals surface area contributed by atoms with E-state index in [0.717, 1.165) is 11.3 Å². The Balaban J connectivity index is 1.66. The van der Waals surface area contributed by atoms with Crippen molar-refractivity contribution in [2.75, 3.05) is 5.75 Å². The second-order valence-corrected chi connectivity index (χ2v) is 6.33. The van der Waals surface area contributed by atoms with Crippen molar-refractivity contribution in [1.29, 1.82) is 0 Å². The minimum Gasteiger partial charge on any atom is -0.481 e. The van der Waals surface area contributed by atoms with Crippen molar-refractivity contribution in [2.24, 2.45) is 5.92 Å². The maximum Gasteiger partial charge on any atom is 0.306 e. The molecule has 0 bridgehead atoms. The molecule has 1 fully saturated rings. The zero-order valence-corrected chi connectivity index (χ0v) is 12.4. The van der Waals surface area contributed by atoms with Gasteiger partial charge < -0.3 is 10.4 Å². The molecule has 0 spiro atoms. The number of hydrogen-bond donors (Lipinski definition) is 2. The maximum absolute atomic E-state index is 12.7. The largest absolute Gasteiger partial charge is 0.481 e. The van der Waals surface area contributed by atoms with Crippen LogP contribution < -0.4 is 5.32 Å². The van der Waals surface area contributed by atoms with Gasteiger partial charge in [-0.05, 0) is 43.5 Å². The quantitative estimate of drug-likeness (QED) is 0.793. The molecule has 21 heavy (non-hydrogen) atoms. The summed E-state index contributed by atoms with van der Waals surface area (Å²) in [5.41, 5.74) is 0. The molecule has 1 aromatic carbocycles. The number of halogens is 1. The molecule has 0 radical (unpaired) electrons. The topological polar surface area (TPSA) is 66.4 Å². The summed E-state index contributed by atoms with van der Waals surface area (Å²) in [5.74, 6) is -0.818. The van der Waals surface area contributed by atoms with Gasteiger partial charge >= 0.3 is 5.97 Å². The van der Waals surface area contributed by atoms with Gasteiger partial charge in [0.15, 0.2) is 0 Å². The number of rotatable bonds is 6. The number of amides is 1. The van der Waals surface area contributed by atoms with E-state index in [0.29, 0.717) is 25.0 Å². The lowest BCUT2D eigenvalue weighted by molar-refractivity contribution is -0.141. The Kier molecular flexibility index (Phi) is 5.61. The van der Waals surface area contributed by atoms with E-state index < -0.39 is 5.97 Å². The number of benzene rings is 1. The molecule has 114 valence electrons. The third-order valence-electron chi connectivity index (χ3n) is 3.56. The van der Waals surface area contributed by atoms with Crippen LogP contribution in [-0.4, -0.2) is 28.8 Å². The number of carbonyl (C=O) groups excluding carboxylic acids is 1. The van der Waals surface area contributed by atoms with Gasteiger partial charge in [0.05, 0.1) is 5.92 Å². The molecular weight excluding hydrogens is 293 g/mol. The molecule has 1 aliphatic carbocycles. The first-order valence-corrected chi connectivity index (χ1v) is 7.93. The number of carbonyl (C=O) groups is 2. The minimum absolute atomic E-state index is 0.0191. The Labute approximate surface area is 127 Å². The van der Waals surface area contributed by atoms with Crippen LogP contribution >= 0.6 is 11.8 Å². The fourth-order valence-electron chi connectivity index (χ4n) is 2.43. The van der Waals surface area contributed by atoms with Crippen LogP contribution in [-0.2, 0) is 9.59 Å². The van der Waals surface area contributed by atoms with Crippen molar-refractivity contribution in [3.63, 3.8) is 0 Å². The van der Waals surface area contributed by atoms with E-state index in [1.807, 2.05) is 0 Å². The summed E-state index contributed by atoms with van der Waals surface area (Å²) in [4.78, 5) is 23.6. The monoisotopic (exact) mass is 311 g/mol. The Morgan fingerprint density at radius 3 is 2.62 bits per heavy atom. The second kappa shape index (κ2) is 7.45. The first-order valence-electron chi connectivity index (χ1n) is 6.95. The SMILES string of the molecule is O=C(CCSc1ccc(F)cc1)N[C@@H]1CC[C@H](C(=O)O)C1. The van der Waals surface area contributed by atoms with Gasteiger partial charge in [0, 0.05) is 23.1 Å². The molecule has 1 aromatic rings. The van der Waals surface area contributed by atoms with E-state index in [2.05, 4.69) is 5.32 Å². The Morgan fingerprint density at radius 2 is 2.00 bits per heavy atom. The van der Waals surface area contributed by atoms with Crippen molar-refractivity contribution in [3.8, 4) is 0 Å². The fraction of sp³-hybridized carbons (Fsp3) is 0.467. The van der Waals surface area contributed by atoms with Crippen LogP contribution in [0.1, 0.15) is 25.7 Å². The lowest BCUT2D eigenvalue weighted by Gasteiger charge is -2.12. The molecule has 0 saturated heterocycles. The van der Waals surface area contributed by atoms with Crippen LogP contribution in [0.3, 0.4) is 0 Å². The zero-order chi connectivity index (χ0) is 15.2. The summed E-state index contributed by atoms with van der Waals surface area (Å²) < 4.78 is 12.7. The first kappa shape index (κ1) is 15.8. The lowest BCUT2D eigenvalue weighted by atomic mass is 10.1. The highest BCUT2D eigenvalue weighted by Crippen LogP contribution is 2.26. The molecule has 1 amide bonds. The van der Waals surface area contributed by atoms with Crippen LogP contribution in [0.25, 0.3) is 0 Å². The van der Waals surface area contributed by atoms with E-state index in [9.17, 15) is 14.0 Å². The standard InChI is InChI=1S/C15H18FNO3S/c16-11-2-5-13(6-3-11)21-8-7-14(18)17-12-4-1-10(9-12)15(19)20/h2-3,5-6,10,12H,1,4,7-9H2,(H,17,18)(H,19,20)/t10-,12+/m0/s1. The Morgan fingerprint density at radius 1 is 1.29 bits per heavy atom. The van der Waals surface area contributed by atoms with Crippen LogP contribution in [0, 0.1) is 11.7 Å². The average Bonchev–Trinajstić information content (AvgIpc) is 2.90. The Hall–Kier alpha value is -1.56. The molecule has 2 atom stereocenters. The van der Waals surface area contributed by atoms with Crippen LogP contribution in [0.4, 0.5) is 4.39 Å². The highest BCUT2D eigenvalue weighted by Gasteiger charge is 2.30. The van der Waals surface area contributed by atoms with Crippen LogP contribution in [0.5, 0.6) is 0 Å². The highest BCUT2D eigenvalue weighted by atomic mass is 32.2. The molecule has 0 aliphatic heterocycles. The van der Waals surface area contributed by atoms with Gasteiger partial charge in [-0.15, -0.1) is 11.8 Å². The van der Waals surface area contributed by atoms with E-state index in [1.165, 1.54) is 23.9 Å². The molecule has 0 heterocycles. The van der Waals surface area contributed by atoms with Gasteiger partial charge in [-0.1, -0.05) is 0 Å². The van der Waals surface area contributed by atoms with Gasteiger partial charge in [-0.25, -0.2) is 4.39 Å². The molecule has 0 aromatic heterocycles. The third-order valence-corrected chi connectivity index (χ3v) is 4.57. The van der Waals surface area contributed by atoms with E-state index in [1.54, 1.807) is 12.1 Å². The predicted molar refractivity (Wildman–Crippen MR) is 78.6 cm³/mol. The second-order valence-electron chi connectivity index (χ2n) is 5.17. The van der Waals surface area contributed by atoms with E-state index >= 15 is 0 Å². The summed E-state index contributed by atoms with van der Waals surface area (Å²) in [5, 5.41) is 11.8. The van der Waals surface area contributed by atoms with Crippen molar-refractivity contribution in [2.45, 2.75) is 36.6 Å². The molecule has 6 heteroatoms. The summed E-state index contributed by atoms with van der Waals surface area (Å²) in [6.45, 7) is 0. The van der Waals surface area contributed by atoms with Gasteiger partial charge in [0.25, 0.3) is 0 Å². The lowest BCUT2D eigenvalue weighted by Crippen LogP contribution is -2.33. The smallest absolute Gasteiger partial charge is 0.306 e. The average molecular weight is 311 g/mol. The third kappa shape index (κ3) is 5.04. The highest BCUT2D eigenvalue weighted by molar-refractivity contribution is 7.99. The molecule has 1 saturated carbocycles. The van der Waals surface area contributed by atoms with Crippen molar-refractivity contribution in [1.82, 2.24) is 5.32 Å². The number of hydrogen-bond acceptors (Lipinski definition) is 3. The molecule has 0 unspecified atom stereocenters. The zero-order valence-electron chi connectivity index (χ0n) is 11.5. The van der Waals surface area contributed by atoms with Gasteiger partial charge in [-0.2, -0.15) is 0 Å². The van der Waals surface area contributed by atoms with Crippen LogP contribution in [0.2, 0.25) is 0 Å². The number of carboxylic acids is 1. The summed E-state index contributed by atoms with van der Waals surface area (Å²) in [6.07, 6.45) is 2.25. The van der Waals surface area contributed by atoms with Gasteiger partial charge in [-0.3, -0.25) is 9.59 Å². The summed E-state index contributed by atoms with van der Waals surface area (Å²) >= 11 is 1.50. The van der Waals surface area contributed by atoms with Crippen LogP contribution in [0.15, 0.2) is 29.2 Å². The number of nitrogens with one attached hydrogen (secondary N) is 1. The van der Waals surface area contributed by atoms with Crippen molar-refractivity contribution in [3.05, 3.63) is 30.1 Å². The normalized spacial score (nSPS) is 21.2. The van der Waals surface area contributed by atoms with Crippen molar-refractivity contribution < 1.29 is 19.1 Å². The fourth-order valence-corrected chi connectivity index (χ4v) is 3.28. The minimum atomic E-state index is -0.779. The molecule has 2 N–H and O–H groups in total. The molecule has 4 nitrogen and oxygen atoms in total. The predicted octanol–water partition coefficient (Wildman–Crippen LogP) is 2.68. The molecular formula is C15H18FNO3S. The first-order chi connectivity index (χ1) is 10.0.